The predicted octanol–water partition coefficient (Wildman–Crippen LogP) is 7.10. The normalized spacial score (nSPS) is 28.8. The van der Waals surface area contributed by atoms with Crippen molar-refractivity contribution in [3.05, 3.63) is 145 Å². The van der Waals surface area contributed by atoms with Crippen LogP contribution in [0.5, 0.6) is 0 Å². The Bertz CT molecular complexity index is 1150. The third kappa shape index (κ3) is 3.05. The summed E-state index contributed by atoms with van der Waals surface area (Å²) in [4.78, 5) is 0. The summed E-state index contributed by atoms with van der Waals surface area (Å²) in [6.45, 7) is 0. The van der Waals surface area contributed by atoms with E-state index in [1.54, 1.807) is 0 Å². The molecule has 168 valence electrons. The van der Waals surface area contributed by atoms with E-state index >= 15 is 0 Å². The minimum atomic E-state index is -2.95. The Hall–Kier alpha value is -3.67. The summed E-state index contributed by atoms with van der Waals surface area (Å²) >= 11 is -2.95. The van der Waals surface area contributed by atoms with E-state index in [9.17, 15) is 0 Å². The maximum atomic E-state index is 4.98. The summed E-state index contributed by atoms with van der Waals surface area (Å²) < 4.78 is -2.10. The summed E-state index contributed by atoms with van der Waals surface area (Å²) in [7, 11) is 0. The van der Waals surface area contributed by atoms with E-state index in [1.165, 1.54) is 0 Å². The number of nitrogens with zero attached hydrogens (tertiary/aromatic N) is 6. The third-order valence-electron chi connectivity index (χ3n) is 5.92. The Labute approximate surface area is 203 Å². The molecular formula is C27H21IrN6. The van der Waals surface area contributed by atoms with E-state index in [1.807, 2.05) is 36.8 Å². The zero-order valence-corrected chi connectivity index (χ0v) is 20.5. The van der Waals surface area contributed by atoms with Crippen LogP contribution >= 0.6 is 0 Å². The standard InChI is InChI=1S/3C9H7N2.Ir/c3*1-2-4-8(5-3-1)9-6-7-10-11-9;/h3*1-7H;. The van der Waals surface area contributed by atoms with E-state index in [0.717, 1.165) is 16.7 Å². The number of hydrogen-bond donors (Lipinski definition) is 0. The molecule has 34 heavy (non-hydrogen) atoms. The first-order valence-electron chi connectivity index (χ1n) is 10.9. The molecule has 0 bridgehead atoms. The first kappa shape index (κ1) is 20.9. The van der Waals surface area contributed by atoms with Crippen molar-refractivity contribution < 1.29 is 16.5 Å². The van der Waals surface area contributed by atoms with E-state index in [4.69, 9.17) is 15.3 Å². The van der Waals surface area contributed by atoms with Gasteiger partial charge < -0.3 is 0 Å². The van der Waals surface area contributed by atoms with Gasteiger partial charge in [-0.1, -0.05) is 0 Å². The molecule has 0 amide bonds. The summed E-state index contributed by atoms with van der Waals surface area (Å²) in [5, 5.41) is 28.2. The van der Waals surface area contributed by atoms with Crippen LogP contribution in [0.3, 0.4) is 0 Å². The SMILES string of the molecule is C1=C[C](c2ccccc2)([Ir]([C]2(c3ccccc3)C=CN=N2)[C]2(c3ccccc3)C=CN=N2)N=N1. The Balaban J connectivity index is 1.72. The van der Waals surface area contributed by atoms with Gasteiger partial charge in [-0.15, -0.1) is 0 Å². The summed E-state index contributed by atoms with van der Waals surface area (Å²) in [5.41, 5.74) is 3.25. The quantitative estimate of drug-likeness (QED) is 0.282. The van der Waals surface area contributed by atoms with Crippen LogP contribution in [0.25, 0.3) is 0 Å². The molecule has 3 aliphatic heterocycles. The van der Waals surface area contributed by atoms with Gasteiger partial charge in [0.05, 0.1) is 0 Å². The zero-order valence-electron chi connectivity index (χ0n) is 18.1. The van der Waals surface area contributed by atoms with Crippen molar-refractivity contribution in [1.29, 1.82) is 0 Å². The van der Waals surface area contributed by atoms with Crippen molar-refractivity contribution in [1.82, 2.24) is 0 Å². The van der Waals surface area contributed by atoms with Gasteiger partial charge in [0.2, 0.25) is 0 Å². The van der Waals surface area contributed by atoms with Crippen molar-refractivity contribution in [2.24, 2.45) is 30.7 Å². The van der Waals surface area contributed by atoms with Gasteiger partial charge in [-0.05, 0) is 0 Å². The first-order valence-corrected chi connectivity index (χ1v) is 14.5. The molecule has 0 N–H and O–H groups in total. The van der Waals surface area contributed by atoms with E-state index in [2.05, 4.69) is 106 Å². The van der Waals surface area contributed by atoms with Crippen LogP contribution in [-0.4, -0.2) is 0 Å². The van der Waals surface area contributed by atoms with Crippen LogP contribution in [0.15, 0.2) is 159 Å². The molecule has 0 spiro atoms. The van der Waals surface area contributed by atoms with Crippen LogP contribution < -0.4 is 0 Å². The van der Waals surface area contributed by atoms with Gasteiger partial charge in [-0.2, -0.15) is 0 Å². The van der Waals surface area contributed by atoms with Gasteiger partial charge in [0.1, 0.15) is 0 Å². The maximum absolute atomic E-state index is 4.98. The third-order valence-corrected chi connectivity index (χ3v) is 15.4. The van der Waals surface area contributed by atoms with Crippen LogP contribution in [-0.2, 0) is 28.6 Å². The average Bonchev–Trinajstić information content (AvgIpc) is 3.69. The molecule has 3 atom stereocenters. The molecule has 3 aromatic rings. The Morgan fingerprint density at radius 3 is 0.941 bits per heavy atom. The molecule has 3 aliphatic rings. The van der Waals surface area contributed by atoms with Crippen molar-refractivity contribution in [2.75, 3.05) is 0 Å². The summed E-state index contributed by atoms with van der Waals surface area (Å²) in [6, 6.07) is 31.2. The Morgan fingerprint density at radius 1 is 0.412 bits per heavy atom. The van der Waals surface area contributed by atoms with Crippen LogP contribution in [0.4, 0.5) is 0 Å². The average molecular weight is 622 g/mol. The Morgan fingerprint density at radius 2 is 0.706 bits per heavy atom. The molecule has 0 aliphatic carbocycles. The van der Waals surface area contributed by atoms with Crippen LogP contribution in [0.1, 0.15) is 16.7 Å². The number of benzene rings is 3. The van der Waals surface area contributed by atoms with Gasteiger partial charge in [0.25, 0.3) is 0 Å². The van der Waals surface area contributed by atoms with Crippen LogP contribution in [0, 0.1) is 0 Å². The van der Waals surface area contributed by atoms with E-state index < -0.39 is 28.6 Å². The molecule has 0 saturated heterocycles. The molecule has 0 saturated carbocycles. The second-order valence-corrected chi connectivity index (χ2v) is 15.1. The Kier molecular flexibility index (Phi) is 5.09. The van der Waals surface area contributed by atoms with Gasteiger partial charge in [0, 0.05) is 0 Å². The first-order chi connectivity index (χ1) is 16.8. The summed E-state index contributed by atoms with van der Waals surface area (Å²) in [6.07, 6.45) is 11.8. The van der Waals surface area contributed by atoms with Crippen molar-refractivity contribution in [3.8, 4) is 0 Å². The second kappa shape index (κ2) is 8.28. The second-order valence-electron chi connectivity index (χ2n) is 7.86. The molecule has 0 fully saturated rings. The fraction of sp³-hybridized carbons (Fsp3) is 0.111. The van der Waals surface area contributed by atoms with Crippen LogP contribution in [0.2, 0.25) is 0 Å². The molecule has 0 aromatic heterocycles. The fourth-order valence-corrected chi connectivity index (χ4v) is 14.7. The van der Waals surface area contributed by atoms with Gasteiger partial charge in [-0.3, -0.25) is 0 Å². The molecule has 0 radical (unpaired) electrons. The fourth-order valence-electron chi connectivity index (χ4n) is 4.42. The van der Waals surface area contributed by atoms with Gasteiger partial charge >= 0.3 is 204 Å². The molecular weight excluding hydrogens is 601 g/mol. The number of hydrogen-bond acceptors (Lipinski definition) is 6. The molecule has 3 unspecified atom stereocenters. The zero-order chi connectivity index (χ0) is 22.9. The number of azo groups is 3. The topological polar surface area (TPSA) is 74.2 Å². The van der Waals surface area contributed by atoms with Gasteiger partial charge in [0.15, 0.2) is 0 Å². The molecule has 6 rings (SSSR count). The van der Waals surface area contributed by atoms with E-state index in [0.29, 0.717) is 0 Å². The van der Waals surface area contributed by atoms with Crippen molar-refractivity contribution in [2.45, 2.75) is 12.2 Å². The molecule has 7 heteroatoms. The van der Waals surface area contributed by atoms with Crippen molar-refractivity contribution in [3.63, 3.8) is 0 Å². The summed E-state index contributed by atoms with van der Waals surface area (Å²) in [5.74, 6) is 0. The number of rotatable bonds is 6. The monoisotopic (exact) mass is 622 g/mol. The predicted molar refractivity (Wildman–Crippen MR) is 126 cm³/mol. The molecule has 6 nitrogen and oxygen atoms in total. The van der Waals surface area contributed by atoms with Crippen molar-refractivity contribution >= 4 is 0 Å². The molecule has 3 heterocycles. The minimum absolute atomic E-state index is 0.700. The molecule has 3 aromatic carbocycles. The van der Waals surface area contributed by atoms with E-state index in [-0.39, 0.29) is 0 Å². The van der Waals surface area contributed by atoms with Gasteiger partial charge in [-0.25, -0.2) is 0 Å².